The second kappa shape index (κ2) is 4.99. The molecule has 4 nitrogen and oxygen atoms in total. The normalized spacial score (nSPS) is 10.5. The van der Waals surface area contributed by atoms with Crippen LogP contribution < -0.4 is 5.43 Å². The molecule has 1 N–H and O–H groups in total. The number of hydrogen-bond acceptors (Lipinski definition) is 4. The minimum Gasteiger partial charge on any atom is -0.264 e. The van der Waals surface area contributed by atoms with Crippen LogP contribution in [0.25, 0.3) is 0 Å². The van der Waals surface area contributed by atoms with E-state index in [1.54, 1.807) is 0 Å². The Kier molecular flexibility index (Phi) is 4.89. The number of hydrazine groups is 1. The summed E-state index contributed by atoms with van der Waals surface area (Å²) in [5, 5.41) is 1.18. The highest BCUT2D eigenvalue weighted by molar-refractivity contribution is 4.15. The Bertz CT molecular complexity index is 47.3. The average molecular weight is 120 g/mol. The zero-order valence-electron chi connectivity index (χ0n) is 5.47. The lowest BCUT2D eigenvalue weighted by atomic mass is 10.8. The third-order valence-corrected chi connectivity index (χ3v) is 0.619. The fraction of sp³-hybridized carbons (Fsp3) is 1.00. The van der Waals surface area contributed by atoms with Gasteiger partial charge in [0.2, 0.25) is 0 Å². The maximum Gasteiger partial charge on any atom is 0.0616 e. The van der Waals surface area contributed by atoms with E-state index in [2.05, 4.69) is 15.1 Å². The highest BCUT2D eigenvalue weighted by Gasteiger charge is 1.93. The van der Waals surface area contributed by atoms with Gasteiger partial charge >= 0.3 is 0 Å². The van der Waals surface area contributed by atoms with E-state index in [9.17, 15) is 0 Å². The van der Waals surface area contributed by atoms with Crippen molar-refractivity contribution in [3.63, 3.8) is 0 Å². The van der Waals surface area contributed by atoms with Crippen molar-refractivity contribution in [2.45, 2.75) is 6.92 Å². The smallest absolute Gasteiger partial charge is 0.0616 e. The third kappa shape index (κ3) is 2.92. The summed E-state index contributed by atoms with van der Waals surface area (Å²) in [6.45, 7) is 2.73. The lowest BCUT2D eigenvalue weighted by Gasteiger charge is -2.14. The molecule has 0 spiro atoms. The van der Waals surface area contributed by atoms with Gasteiger partial charge in [-0.05, 0) is 0 Å². The summed E-state index contributed by atoms with van der Waals surface area (Å²) in [6, 6.07) is 0. The highest BCUT2D eigenvalue weighted by atomic mass is 17.0. The number of nitrogens with one attached hydrogen (secondary N) is 1. The minimum absolute atomic E-state index is 0.779. The van der Waals surface area contributed by atoms with Crippen LogP contribution in [0.3, 0.4) is 0 Å². The second-order valence-electron chi connectivity index (χ2n) is 1.13. The van der Waals surface area contributed by atoms with Crippen molar-refractivity contribution >= 4 is 0 Å². The standard InChI is InChI=1S/C4H12N2O2/c1-4-5-6(7-2)8-3/h5H,4H2,1-3H3. The third-order valence-electron chi connectivity index (χ3n) is 0.619. The quantitative estimate of drug-likeness (QED) is 0.527. The lowest BCUT2D eigenvalue weighted by Crippen LogP contribution is -2.35. The molecule has 0 amide bonds. The summed E-state index contributed by atoms with van der Waals surface area (Å²) in [4.78, 5) is 9.28. The van der Waals surface area contributed by atoms with E-state index in [0.717, 1.165) is 6.54 Å². The van der Waals surface area contributed by atoms with Crippen molar-refractivity contribution < 1.29 is 9.68 Å². The molecule has 0 heterocycles. The number of hydrogen-bond donors (Lipinski definition) is 1. The average Bonchev–Trinajstić information content (AvgIpc) is 1.83. The predicted octanol–water partition coefficient (Wildman–Crippen LogP) is -0.0643. The molecule has 0 aromatic rings. The monoisotopic (exact) mass is 120 g/mol. The largest absolute Gasteiger partial charge is 0.264 e. The maximum absolute atomic E-state index is 4.64. The maximum atomic E-state index is 4.64. The zero-order valence-corrected chi connectivity index (χ0v) is 5.47. The molecule has 0 aliphatic carbocycles. The second-order valence-corrected chi connectivity index (χ2v) is 1.13. The van der Waals surface area contributed by atoms with Gasteiger partial charge in [0.1, 0.15) is 0 Å². The lowest BCUT2D eigenvalue weighted by molar-refractivity contribution is -0.373. The Labute approximate surface area is 49.2 Å². The van der Waals surface area contributed by atoms with Gasteiger partial charge in [-0.15, -0.1) is 0 Å². The summed E-state index contributed by atoms with van der Waals surface area (Å²) in [7, 11) is 3.04. The van der Waals surface area contributed by atoms with Crippen LogP contribution >= 0.6 is 0 Å². The molecular weight excluding hydrogens is 108 g/mol. The Morgan fingerprint density at radius 2 is 1.88 bits per heavy atom. The fourth-order valence-corrected chi connectivity index (χ4v) is 0.333. The van der Waals surface area contributed by atoms with E-state index in [1.165, 1.54) is 19.6 Å². The summed E-state index contributed by atoms with van der Waals surface area (Å²) in [6.07, 6.45) is 0. The molecule has 0 unspecified atom stereocenters. The molecule has 0 radical (unpaired) electrons. The van der Waals surface area contributed by atoms with Crippen molar-refractivity contribution in [2.75, 3.05) is 20.8 Å². The van der Waals surface area contributed by atoms with Crippen LogP contribution in [0.15, 0.2) is 0 Å². The molecule has 0 aliphatic rings. The van der Waals surface area contributed by atoms with Gasteiger partial charge in [0.25, 0.3) is 0 Å². The van der Waals surface area contributed by atoms with Gasteiger partial charge in [-0.2, -0.15) is 0 Å². The van der Waals surface area contributed by atoms with Gasteiger partial charge in [0.05, 0.1) is 14.2 Å². The van der Waals surface area contributed by atoms with E-state index in [0.29, 0.717) is 0 Å². The molecule has 0 saturated heterocycles. The molecule has 0 saturated carbocycles. The van der Waals surface area contributed by atoms with Crippen LogP contribution in [0.4, 0.5) is 0 Å². The first-order chi connectivity index (χ1) is 3.85. The van der Waals surface area contributed by atoms with Crippen LogP contribution in [-0.4, -0.2) is 26.1 Å². The molecule has 4 heteroatoms. The van der Waals surface area contributed by atoms with Crippen LogP contribution in [0.2, 0.25) is 0 Å². The highest BCUT2D eigenvalue weighted by Crippen LogP contribution is 1.77. The van der Waals surface area contributed by atoms with E-state index >= 15 is 0 Å². The predicted molar refractivity (Wildman–Crippen MR) is 29.5 cm³/mol. The van der Waals surface area contributed by atoms with E-state index in [-0.39, 0.29) is 0 Å². The van der Waals surface area contributed by atoms with Crippen molar-refractivity contribution in [1.82, 2.24) is 10.8 Å². The first-order valence-corrected chi connectivity index (χ1v) is 2.47. The Morgan fingerprint density at radius 1 is 1.38 bits per heavy atom. The summed E-state index contributed by atoms with van der Waals surface area (Å²) < 4.78 is 0. The van der Waals surface area contributed by atoms with Crippen molar-refractivity contribution in [3.8, 4) is 0 Å². The van der Waals surface area contributed by atoms with Crippen LogP contribution in [0.5, 0.6) is 0 Å². The van der Waals surface area contributed by atoms with E-state index in [1.807, 2.05) is 6.92 Å². The topological polar surface area (TPSA) is 33.7 Å². The molecule has 0 aromatic carbocycles. The van der Waals surface area contributed by atoms with Crippen molar-refractivity contribution in [3.05, 3.63) is 0 Å². The molecule has 0 aromatic heterocycles. The van der Waals surface area contributed by atoms with E-state index in [4.69, 9.17) is 0 Å². The Hall–Kier alpha value is -0.160. The SMILES string of the molecule is CCNN(OC)OC. The number of rotatable bonds is 4. The first kappa shape index (κ1) is 7.84. The van der Waals surface area contributed by atoms with Gasteiger partial charge < -0.3 is 0 Å². The molecule has 0 rings (SSSR count). The van der Waals surface area contributed by atoms with Crippen LogP contribution in [-0.2, 0) is 9.68 Å². The molecular formula is C4H12N2O2. The molecule has 0 bridgehead atoms. The molecule has 0 fully saturated rings. The summed E-state index contributed by atoms with van der Waals surface area (Å²) >= 11 is 0. The van der Waals surface area contributed by atoms with Gasteiger partial charge in [-0.25, -0.2) is 5.43 Å². The molecule has 50 valence electrons. The Balaban J connectivity index is 3.07. The number of nitrogens with zero attached hydrogens (tertiary/aromatic N) is 1. The van der Waals surface area contributed by atoms with Gasteiger partial charge in [0.15, 0.2) is 0 Å². The van der Waals surface area contributed by atoms with Crippen LogP contribution in [0.1, 0.15) is 6.92 Å². The fourth-order valence-electron chi connectivity index (χ4n) is 0.333. The molecule has 0 aliphatic heterocycles. The molecule has 8 heavy (non-hydrogen) atoms. The summed E-state index contributed by atoms with van der Waals surface area (Å²) in [5.41, 5.74) is 2.77. The first-order valence-electron chi connectivity index (χ1n) is 2.47. The molecule has 0 atom stereocenters. The Morgan fingerprint density at radius 3 is 2.00 bits per heavy atom. The van der Waals surface area contributed by atoms with Crippen molar-refractivity contribution in [1.29, 1.82) is 0 Å². The van der Waals surface area contributed by atoms with E-state index < -0.39 is 0 Å². The van der Waals surface area contributed by atoms with Gasteiger partial charge in [-0.3, -0.25) is 9.68 Å². The zero-order chi connectivity index (χ0) is 6.41. The van der Waals surface area contributed by atoms with Crippen LogP contribution in [0, 0.1) is 0 Å². The van der Waals surface area contributed by atoms with Gasteiger partial charge in [0, 0.05) is 11.9 Å². The van der Waals surface area contributed by atoms with Crippen molar-refractivity contribution in [2.24, 2.45) is 0 Å². The van der Waals surface area contributed by atoms with Gasteiger partial charge in [-0.1, -0.05) is 6.92 Å². The minimum atomic E-state index is 0.779. The summed E-state index contributed by atoms with van der Waals surface area (Å²) in [5.74, 6) is 0.